The highest BCUT2D eigenvalue weighted by molar-refractivity contribution is 6.07. The number of urea groups is 1. The molecule has 8 heteroatoms. The normalized spacial score (nSPS) is 16.3. The van der Waals surface area contributed by atoms with E-state index in [9.17, 15) is 14.9 Å². The van der Waals surface area contributed by atoms with Gasteiger partial charge < -0.3 is 10.6 Å². The van der Waals surface area contributed by atoms with Gasteiger partial charge >= 0.3 is 6.03 Å². The van der Waals surface area contributed by atoms with Gasteiger partial charge in [-0.1, -0.05) is 48.5 Å². The second kappa shape index (κ2) is 8.44. The van der Waals surface area contributed by atoms with E-state index >= 15 is 0 Å². The van der Waals surface area contributed by atoms with E-state index in [1.807, 2.05) is 42.5 Å². The highest BCUT2D eigenvalue weighted by atomic mass is 16.6. The Hall–Kier alpha value is -4.20. The van der Waals surface area contributed by atoms with Gasteiger partial charge in [-0.2, -0.15) is 5.10 Å². The molecule has 3 N–H and O–H groups in total. The molecule has 1 aliphatic heterocycles. The van der Waals surface area contributed by atoms with Crippen LogP contribution in [0.5, 0.6) is 0 Å². The molecule has 1 heterocycles. The Bertz CT molecular complexity index is 1100. The van der Waals surface area contributed by atoms with Crippen LogP contribution >= 0.6 is 0 Å². The second-order valence-electron chi connectivity index (χ2n) is 6.79. The smallest absolute Gasteiger partial charge is 0.339 e. The summed E-state index contributed by atoms with van der Waals surface area (Å²) in [5, 5.41) is 21.2. The predicted octanol–water partition coefficient (Wildman–Crippen LogP) is 4.68. The van der Waals surface area contributed by atoms with Crippen molar-refractivity contribution in [3.63, 3.8) is 0 Å². The molecule has 30 heavy (non-hydrogen) atoms. The molecule has 0 aromatic heterocycles. The molecule has 3 aromatic rings. The summed E-state index contributed by atoms with van der Waals surface area (Å²) in [7, 11) is 0. The first-order valence-electron chi connectivity index (χ1n) is 9.39. The number of non-ortho nitro benzene ring substituents is 1. The SMILES string of the molecule is O=C(NN=C1CC(c2ccccc2)Nc2ccccc21)Nc1ccc([N+](=O)[O-])cc1. The third-order valence-electron chi connectivity index (χ3n) is 4.80. The third kappa shape index (κ3) is 4.27. The minimum Gasteiger partial charge on any atom is -0.377 e. The number of fused-ring (bicyclic) bond motifs is 1. The van der Waals surface area contributed by atoms with Crippen molar-refractivity contribution >= 4 is 28.8 Å². The fraction of sp³-hybridized carbons (Fsp3) is 0.0909. The van der Waals surface area contributed by atoms with E-state index in [0.717, 1.165) is 22.5 Å². The minimum absolute atomic E-state index is 0.0411. The molecule has 0 fully saturated rings. The van der Waals surface area contributed by atoms with Crippen molar-refractivity contribution < 1.29 is 9.72 Å². The maximum atomic E-state index is 12.3. The van der Waals surface area contributed by atoms with Crippen LogP contribution in [-0.2, 0) is 0 Å². The Morgan fingerprint density at radius 1 is 1.00 bits per heavy atom. The first kappa shape index (κ1) is 19.1. The van der Waals surface area contributed by atoms with Crippen LogP contribution < -0.4 is 16.1 Å². The number of nitrogens with zero attached hydrogens (tertiary/aromatic N) is 2. The minimum atomic E-state index is -0.524. The van der Waals surface area contributed by atoms with Crippen LogP contribution in [-0.4, -0.2) is 16.7 Å². The topological polar surface area (TPSA) is 109 Å². The number of carbonyl (C=O) groups is 1. The number of hydrazone groups is 1. The summed E-state index contributed by atoms with van der Waals surface area (Å²) >= 11 is 0. The Labute approximate surface area is 172 Å². The molecule has 1 unspecified atom stereocenters. The van der Waals surface area contributed by atoms with Gasteiger partial charge in [0.1, 0.15) is 0 Å². The van der Waals surface area contributed by atoms with Crippen LogP contribution in [0.15, 0.2) is 84.0 Å². The van der Waals surface area contributed by atoms with Gasteiger partial charge in [0.05, 0.1) is 16.7 Å². The number of rotatable bonds is 4. The maximum Gasteiger partial charge on any atom is 0.339 e. The molecule has 8 nitrogen and oxygen atoms in total. The fourth-order valence-electron chi connectivity index (χ4n) is 3.34. The van der Waals surface area contributed by atoms with Crippen molar-refractivity contribution in [3.8, 4) is 0 Å². The van der Waals surface area contributed by atoms with E-state index in [1.165, 1.54) is 24.3 Å². The molecule has 0 spiro atoms. The summed E-state index contributed by atoms with van der Waals surface area (Å²) in [6.45, 7) is 0. The van der Waals surface area contributed by atoms with Gasteiger partial charge in [-0.15, -0.1) is 0 Å². The van der Waals surface area contributed by atoms with Gasteiger partial charge in [-0.25, -0.2) is 10.2 Å². The number of benzene rings is 3. The van der Waals surface area contributed by atoms with Crippen LogP contribution in [0.2, 0.25) is 0 Å². The number of nitro groups is 1. The van der Waals surface area contributed by atoms with E-state index in [2.05, 4.69) is 33.3 Å². The van der Waals surface area contributed by atoms with Gasteiger partial charge in [0, 0.05) is 35.5 Å². The van der Waals surface area contributed by atoms with Crippen LogP contribution in [0.3, 0.4) is 0 Å². The number of nitro benzene ring substituents is 1. The Morgan fingerprint density at radius 2 is 1.70 bits per heavy atom. The predicted molar refractivity (Wildman–Crippen MR) is 116 cm³/mol. The summed E-state index contributed by atoms with van der Waals surface area (Å²) in [5.41, 5.74) is 6.70. The molecular weight excluding hydrogens is 382 g/mol. The average Bonchev–Trinajstić information content (AvgIpc) is 2.78. The zero-order valence-corrected chi connectivity index (χ0v) is 15.9. The van der Waals surface area contributed by atoms with Gasteiger partial charge in [-0.05, 0) is 23.8 Å². The Morgan fingerprint density at radius 3 is 2.43 bits per heavy atom. The van der Waals surface area contributed by atoms with Crippen LogP contribution in [0, 0.1) is 10.1 Å². The molecule has 1 aliphatic rings. The first-order valence-corrected chi connectivity index (χ1v) is 9.39. The van der Waals surface area contributed by atoms with Crippen molar-refractivity contribution in [2.45, 2.75) is 12.5 Å². The number of hydrogen-bond acceptors (Lipinski definition) is 5. The molecule has 3 aromatic carbocycles. The zero-order chi connectivity index (χ0) is 20.9. The quantitative estimate of drug-likeness (QED) is 0.436. The lowest BCUT2D eigenvalue weighted by molar-refractivity contribution is -0.384. The lowest BCUT2D eigenvalue weighted by Crippen LogP contribution is -2.29. The van der Waals surface area contributed by atoms with Gasteiger partial charge in [0.25, 0.3) is 5.69 Å². The number of hydrogen-bond donors (Lipinski definition) is 3. The number of nitrogens with one attached hydrogen (secondary N) is 3. The van der Waals surface area contributed by atoms with Gasteiger partial charge in [0.15, 0.2) is 0 Å². The lowest BCUT2D eigenvalue weighted by Gasteiger charge is -2.28. The van der Waals surface area contributed by atoms with Crippen LogP contribution in [0.25, 0.3) is 0 Å². The highest BCUT2D eigenvalue weighted by Gasteiger charge is 2.24. The maximum absolute atomic E-state index is 12.3. The highest BCUT2D eigenvalue weighted by Crippen LogP contribution is 2.32. The average molecular weight is 401 g/mol. The molecular formula is C22H19N5O3. The standard InChI is InChI=1S/C22H19N5O3/c28-22(23-16-10-12-17(13-11-16)27(29)30)26-25-21-14-20(15-6-2-1-3-7-15)24-19-9-5-4-8-18(19)21/h1-13,20,24H,14H2,(H2,23,26,28). The van der Waals surface area contributed by atoms with Crippen LogP contribution in [0.4, 0.5) is 21.9 Å². The summed E-state index contributed by atoms with van der Waals surface area (Å²) in [6, 6.07) is 23.0. The number of carbonyl (C=O) groups excluding carboxylic acids is 1. The van der Waals surface area contributed by atoms with Crippen molar-refractivity contribution in [2.75, 3.05) is 10.6 Å². The molecule has 0 aliphatic carbocycles. The Balaban J connectivity index is 1.50. The fourth-order valence-corrected chi connectivity index (χ4v) is 3.34. The third-order valence-corrected chi connectivity index (χ3v) is 4.80. The summed E-state index contributed by atoms with van der Waals surface area (Å²) in [4.78, 5) is 22.5. The molecule has 4 rings (SSSR count). The number of para-hydroxylation sites is 1. The monoisotopic (exact) mass is 401 g/mol. The summed E-state index contributed by atoms with van der Waals surface area (Å²) in [5.74, 6) is 0. The van der Waals surface area contributed by atoms with Gasteiger partial charge in [0.2, 0.25) is 0 Å². The van der Waals surface area contributed by atoms with Crippen molar-refractivity contribution in [1.82, 2.24) is 5.43 Å². The molecule has 0 saturated heterocycles. The van der Waals surface area contributed by atoms with E-state index in [0.29, 0.717) is 12.1 Å². The van der Waals surface area contributed by atoms with Crippen molar-refractivity contribution in [1.29, 1.82) is 0 Å². The van der Waals surface area contributed by atoms with Crippen molar-refractivity contribution in [2.24, 2.45) is 5.10 Å². The Kier molecular flexibility index (Phi) is 5.38. The zero-order valence-electron chi connectivity index (χ0n) is 15.9. The van der Waals surface area contributed by atoms with Crippen LogP contribution in [0.1, 0.15) is 23.6 Å². The second-order valence-corrected chi connectivity index (χ2v) is 6.79. The molecule has 0 saturated carbocycles. The summed E-state index contributed by atoms with van der Waals surface area (Å²) in [6.07, 6.45) is 0.610. The lowest BCUT2D eigenvalue weighted by atomic mass is 9.92. The largest absolute Gasteiger partial charge is 0.377 e. The number of amides is 2. The van der Waals surface area contributed by atoms with E-state index in [-0.39, 0.29) is 11.7 Å². The number of anilines is 2. The molecule has 0 radical (unpaired) electrons. The molecule has 2 amide bonds. The van der Waals surface area contributed by atoms with E-state index in [4.69, 9.17) is 0 Å². The van der Waals surface area contributed by atoms with Gasteiger partial charge in [-0.3, -0.25) is 10.1 Å². The molecule has 150 valence electrons. The summed E-state index contributed by atoms with van der Waals surface area (Å²) < 4.78 is 0. The van der Waals surface area contributed by atoms with E-state index < -0.39 is 11.0 Å². The molecule has 0 bridgehead atoms. The van der Waals surface area contributed by atoms with E-state index in [1.54, 1.807) is 0 Å². The molecule has 1 atom stereocenters. The van der Waals surface area contributed by atoms with Crippen molar-refractivity contribution in [3.05, 3.63) is 100 Å². The first-order chi connectivity index (χ1) is 14.6.